The molecule has 3 N–H and O–H groups in total. The fourth-order valence-corrected chi connectivity index (χ4v) is 1.94. The molecule has 19 heavy (non-hydrogen) atoms. The zero-order valence-corrected chi connectivity index (χ0v) is 10.7. The van der Waals surface area contributed by atoms with Crippen molar-refractivity contribution in [1.29, 1.82) is 5.26 Å². The number of nitrogens with zero attached hydrogens (tertiary/aromatic N) is 2. The lowest BCUT2D eigenvalue weighted by molar-refractivity contribution is -0.384. The van der Waals surface area contributed by atoms with Gasteiger partial charge in [-0.25, -0.2) is 13.6 Å². The van der Waals surface area contributed by atoms with E-state index in [-0.39, 0.29) is 35.7 Å². The summed E-state index contributed by atoms with van der Waals surface area (Å²) >= 11 is 0. The monoisotopic (exact) mass is 284 g/mol. The summed E-state index contributed by atoms with van der Waals surface area (Å²) in [5, 5.41) is 27.1. The lowest BCUT2D eigenvalue weighted by atomic mass is 10.2. The van der Waals surface area contributed by atoms with Crippen molar-refractivity contribution in [3.63, 3.8) is 0 Å². The first-order valence-electron chi connectivity index (χ1n) is 5.26. The van der Waals surface area contributed by atoms with Gasteiger partial charge in [0.1, 0.15) is 5.69 Å². The van der Waals surface area contributed by atoms with E-state index in [1.165, 1.54) is 12.1 Å². The predicted octanol–water partition coefficient (Wildman–Crippen LogP) is 0.557. The molecule has 0 saturated heterocycles. The molecule has 0 atom stereocenters. The molecule has 1 rings (SSSR count). The zero-order chi connectivity index (χ0) is 14.5. The van der Waals surface area contributed by atoms with Crippen molar-refractivity contribution in [2.24, 2.45) is 5.14 Å². The molecule has 0 heterocycles. The maximum absolute atomic E-state index is 10.8. The predicted molar refractivity (Wildman–Crippen MR) is 68.9 cm³/mol. The minimum Gasteiger partial charge on any atom is -0.379 e. The second-order valence-electron chi connectivity index (χ2n) is 3.75. The van der Waals surface area contributed by atoms with Crippen molar-refractivity contribution in [2.75, 3.05) is 17.6 Å². The highest BCUT2D eigenvalue weighted by Gasteiger charge is 2.14. The summed E-state index contributed by atoms with van der Waals surface area (Å²) in [5.74, 6) is -0.204. The summed E-state index contributed by atoms with van der Waals surface area (Å²) in [6.07, 6.45) is 0.232. The van der Waals surface area contributed by atoms with Crippen LogP contribution >= 0.6 is 0 Å². The van der Waals surface area contributed by atoms with Crippen molar-refractivity contribution in [1.82, 2.24) is 0 Å². The number of rotatable bonds is 6. The van der Waals surface area contributed by atoms with Crippen LogP contribution in [0.25, 0.3) is 0 Å². The Kier molecular flexibility index (Phi) is 4.80. The van der Waals surface area contributed by atoms with Crippen molar-refractivity contribution in [2.45, 2.75) is 6.42 Å². The Balaban J connectivity index is 2.73. The average Bonchev–Trinajstić information content (AvgIpc) is 2.33. The van der Waals surface area contributed by atoms with Crippen LogP contribution in [0.5, 0.6) is 0 Å². The Morgan fingerprint density at radius 3 is 2.68 bits per heavy atom. The van der Waals surface area contributed by atoms with Crippen LogP contribution < -0.4 is 10.5 Å². The van der Waals surface area contributed by atoms with Crippen LogP contribution in [0.15, 0.2) is 18.2 Å². The van der Waals surface area contributed by atoms with Gasteiger partial charge < -0.3 is 5.32 Å². The standard InChI is InChI=1S/C10H12N4O4S/c11-7-8-2-3-9(10(6-8)14(15)16)13-4-1-5-19(12,17)18/h2-3,6,13H,1,4-5H2,(H2,12,17,18). The molecular weight excluding hydrogens is 272 g/mol. The quantitative estimate of drug-likeness (QED) is 0.444. The van der Waals surface area contributed by atoms with Gasteiger partial charge in [-0.2, -0.15) is 5.26 Å². The molecule has 0 radical (unpaired) electrons. The summed E-state index contributed by atoms with van der Waals surface area (Å²) in [4.78, 5) is 10.2. The molecule has 102 valence electrons. The van der Waals surface area contributed by atoms with Gasteiger partial charge in [-0.3, -0.25) is 10.1 Å². The molecule has 0 amide bonds. The second-order valence-corrected chi connectivity index (χ2v) is 5.48. The van der Waals surface area contributed by atoms with Gasteiger partial charge in [0, 0.05) is 12.6 Å². The third-order valence-electron chi connectivity index (χ3n) is 2.24. The molecular formula is C10H12N4O4S. The van der Waals surface area contributed by atoms with Gasteiger partial charge >= 0.3 is 0 Å². The molecule has 0 aromatic heterocycles. The van der Waals surface area contributed by atoms with Gasteiger partial charge in [-0.15, -0.1) is 0 Å². The highest BCUT2D eigenvalue weighted by Crippen LogP contribution is 2.25. The number of nitro groups is 1. The first-order chi connectivity index (χ1) is 8.83. The minimum atomic E-state index is -3.53. The third kappa shape index (κ3) is 4.90. The maximum Gasteiger partial charge on any atom is 0.293 e. The Labute approximate surface area is 110 Å². The van der Waals surface area contributed by atoms with Gasteiger partial charge in [0.25, 0.3) is 5.69 Å². The van der Waals surface area contributed by atoms with E-state index < -0.39 is 14.9 Å². The molecule has 0 aliphatic carbocycles. The third-order valence-corrected chi connectivity index (χ3v) is 3.10. The molecule has 0 aliphatic heterocycles. The smallest absolute Gasteiger partial charge is 0.293 e. The number of hydrogen-bond donors (Lipinski definition) is 2. The highest BCUT2D eigenvalue weighted by molar-refractivity contribution is 7.89. The maximum atomic E-state index is 10.8. The lowest BCUT2D eigenvalue weighted by Gasteiger charge is -2.06. The van der Waals surface area contributed by atoms with Crippen LogP contribution in [0.4, 0.5) is 11.4 Å². The fourth-order valence-electron chi connectivity index (χ4n) is 1.40. The highest BCUT2D eigenvalue weighted by atomic mass is 32.2. The molecule has 8 nitrogen and oxygen atoms in total. The van der Waals surface area contributed by atoms with E-state index >= 15 is 0 Å². The Bertz CT molecular complexity index is 621. The summed E-state index contributed by atoms with van der Waals surface area (Å²) < 4.78 is 21.4. The fraction of sp³-hybridized carbons (Fsp3) is 0.300. The topological polar surface area (TPSA) is 139 Å². The molecule has 0 bridgehead atoms. The molecule has 1 aromatic rings. The first kappa shape index (κ1) is 14.9. The van der Waals surface area contributed by atoms with Crippen LogP contribution in [0, 0.1) is 21.4 Å². The van der Waals surface area contributed by atoms with Crippen molar-refractivity contribution >= 4 is 21.4 Å². The number of primary sulfonamides is 1. The van der Waals surface area contributed by atoms with Crippen LogP contribution in [0.3, 0.4) is 0 Å². The summed E-state index contributed by atoms with van der Waals surface area (Å²) in [6.45, 7) is 0.225. The normalized spacial score (nSPS) is 10.7. The van der Waals surface area contributed by atoms with E-state index in [1.54, 1.807) is 0 Å². The van der Waals surface area contributed by atoms with Gasteiger partial charge in [0.2, 0.25) is 10.0 Å². The van der Waals surface area contributed by atoms with E-state index in [9.17, 15) is 18.5 Å². The molecule has 0 aliphatic rings. The van der Waals surface area contributed by atoms with E-state index in [0.29, 0.717) is 0 Å². The van der Waals surface area contributed by atoms with E-state index in [0.717, 1.165) is 6.07 Å². The molecule has 1 aromatic carbocycles. The Morgan fingerprint density at radius 2 is 2.16 bits per heavy atom. The summed E-state index contributed by atoms with van der Waals surface area (Å²) in [5.41, 5.74) is 0.190. The molecule has 0 fully saturated rings. The summed E-state index contributed by atoms with van der Waals surface area (Å²) in [7, 11) is -3.53. The SMILES string of the molecule is N#Cc1ccc(NCCCS(N)(=O)=O)c([N+](=O)[O-])c1. The number of nitriles is 1. The van der Waals surface area contributed by atoms with E-state index in [4.69, 9.17) is 10.4 Å². The zero-order valence-electron chi connectivity index (χ0n) is 9.87. The van der Waals surface area contributed by atoms with E-state index in [2.05, 4.69) is 5.32 Å². The van der Waals surface area contributed by atoms with Gasteiger partial charge in [0.05, 0.1) is 22.3 Å². The summed E-state index contributed by atoms with van der Waals surface area (Å²) in [6, 6.07) is 5.81. The van der Waals surface area contributed by atoms with Crippen molar-refractivity contribution in [3.8, 4) is 6.07 Å². The van der Waals surface area contributed by atoms with Crippen molar-refractivity contribution < 1.29 is 13.3 Å². The molecule has 0 spiro atoms. The van der Waals surface area contributed by atoms with Crippen molar-refractivity contribution in [3.05, 3.63) is 33.9 Å². The first-order valence-corrected chi connectivity index (χ1v) is 6.98. The number of hydrogen-bond acceptors (Lipinski definition) is 6. The molecule has 9 heteroatoms. The number of nitrogens with two attached hydrogens (primary N) is 1. The lowest BCUT2D eigenvalue weighted by Crippen LogP contribution is -2.18. The number of sulfonamides is 1. The van der Waals surface area contributed by atoms with E-state index in [1.807, 2.05) is 6.07 Å². The van der Waals surface area contributed by atoms with Gasteiger partial charge in [0.15, 0.2) is 0 Å². The average molecular weight is 284 g/mol. The number of nitro benzene ring substituents is 1. The minimum absolute atomic E-state index is 0.182. The molecule has 0 saturated carbocycles. The Morgan fingerprint density at radius 1 is 1.47 bits per heavy atom. The largest absolute Gasteiger partial charge is 0.379 e. The van der Waals surface area contributed by atoms with Crippen LogP contribution in [0.2, 0.25) is 0 Å². The number of benzene rings is 1. The Hall–Kier alpha value is -2.18. The van der Waals surface area contributed by atoms with Gasteiger partial charge in [-0.05, 0) is 18.6 Å². The van der Waals surface area contributed by atoms with Crippen LogP contribution in [0.1, 0.15) is 12.0 Å². The molecule has 0 unspecified atom stereocenters. The second kappa shape index (κ2) is 6.12. The van der Waals surface area contributed by atoms with Crippen LogP contribution in [-0.4, -0.2) is 25.6 Å². The number of nitrogens with one attached hydrogen (secondary N) is 1. The van der Waals surface area contributed by atoms with Crippen LogP contribution in [-0.2, 0) is 10.0 Å². The number of anilines is 1. The van der Waals surface area contributed by atoms with Gasteiger partial charge in [-0.1, -0.05) is 0 Å².